The van der Waals surface area contributed by atoms with E-state index < -0.39 is 0 Å². The Hall–Kier alpha value is -3.88. The van der Waals surface area contributed by atoms with Crippen LogP contribution in [0.1, 0.15) is 0 Å². The van der Waals surface area contributed by atoms with E-state index >= 15 is 0 Å². The van der Waals surface area contributed by atoms with Gasteiger partial charge in [-0.15, -0.1) is 0 Å². The number of nitrogen functional groups attached to an aromatic ring is 1. The van der Waals surface area contributed by atoms with Gasteiger partial charge >= 0.3 is 0 Å². The summed E-state index contributed by atoms with van der Waals surface area (Å²) in [5, 5.41) is 4.24. The number of nitrogens with zero attached hydrogens (tertiary/aromatic N) is 4. The molecule has 0 radical (unpaired) electrons. The molecule has 36 heavy (non-hydrogen) atoms. The molecule has 3 aromatic carbocycles. The fourth-order valence-corrected chi connectivity index (χ4v) is 4.32. The molecule has 8 nitrogen and oxygen atoms in total. The molecule has 4 aromatic rings. The zero-order valence-corrected chi connectivity index (χ0v) is 20.8. The second-order valence-corrected chi connectivity index (χ2v) is 9.05. The summed E-state index contributed by atoms with van der Waals surface area (Å²) in [6.07, 6.45) is 0. The highest BCUT2D eigenvalue weighted by molar-refractivity contribution is 5.99. The maximum absolute atomic E-state index is 6.40. The Morgan fingerprint density at radius 3 is 2.53 bits per heavy atom. The lowest BCUT2D eigenvalue weighted by molar-refractivity contribution is 0.123. The van der Waals surface area contributed by atoms with Crippen LogP contribution in [0.15, 0.2) is 66.7 Å². The van der Waals surface area contributed by atoms with Gasteiger partial charge in [-0.1, -0.05) is 36.4 Å². The molecule has 5 rings (SSSR count). The number of fused-ring (bicyclic) bond motifs is 1. The Kier molecular flexibility index (Phi) is 7.16. The molecule has 1 saturated heterocycles. The molecule has 186 valence electrons. The molecule has 8 heteroatoms. The van der Waals surface area contributed by atoms with Crippen molar-refractivity contribution >= 4 is 34.0 Å². The number of aromatic nitrogens is 2. The van der Waals surface area contributed by atoms with Crippen molar-refractivity contribution < 1.29 is 9.47 Å². The smallest absolute Gasteiger partial charge is 0.229 e. The predicted octanol–water partition coefficient (Wildman–Crippen LogP) is 4.40. The fourth-order valence-electron chi connectivity index (χ4n) is 4.32. The summed E-state index contributed by atoms with van der Waals surface area (Å²) in [4.78, 5) is 13.9. The standard InChI is InChI=1S/C28H32N6O2/c1-33(2)14-19-36-21-12-10-20(11-13-21)22-6-5-7-23-26(22)31-28(32-27(23)29)30-24-8-3-4-9-25(24)34-15-17-35-18-16-34/h3-13H,14-19H2,1-2H3,(H3,29,30,31,32). The van der Waals surface area contributed by atoms with Crippen LogP contribution in [-0.4, -0.2) is 68.4 Å². The van der Waals surface area contributed by atoms with Gasteiger partial charge < -0.3 is 30.3 Å². The van der Waals surface area contributed by atoms with Crippen LogP contribution in [0.3, 0.4) is 0 Å². The van der Waals surface area contributed by atoms with Crippen LogP contribution in [0.4, 0.5) is 23.1 Å². The third kappa shape index (κ3) is 5.35. The van der Waals surface area contributed by atoms with Gasteiger partial charge in [-0.3, -0.25) is 0 Å². The second-order valence-electron chi connectivity index (χ2n) is 9.05. The molecule has 1 aliphatic heterocycles. The lowest BCUT2D eigenvalue weighted by Gasteiger charge is -2.30. The Morgan fingerprint density at radius 1 is 0.972 bits per heavy atom. The average Bonchev–Trinajstić information content (AvgIpc) is 2.90. The van der Waals surface area contributed by atoms with Gasteiger partial charge in [0.05, 0.1) is 30.1 Å². The first-order valence-electron chi connectivity index (χ1n) is 12.2. The minimum Gasteiger partial charge on any atom is -0.492 e. The molecule has 1 aliphatic rings. The van der Waals surface area contributed by atoms with Gasteiger partial charge in [-0.2, -0.15) is 4.98 Å². The molecule has 0 unspecified atom stereocenters. The first kappa shape index (κ1) is 23.8. The highest BCUT2D eigenvalue weighted by Crippen LogP contribution is 2.33. The third-order valence-electron chi connectivity index (χ3n) is 6.23. The molecule has 0 aliphatic carbocycles. The molecule has 3 N–H and O–H groups in total. The van der Waals surface area contributed by atoms with Crippen molar-refractivity contribution in [2.75, 3.05) is 69.5 Å². The summed E-state index contributed by atoms with van der Waals surface area (Å²) in [6, 6.07) is 22.3. The molecule has 0 spiro atoms. The number of hydrogen-bond acceptors (Lipinski definition) is 8. The highest BCUT2D eigenvalue weighted by atomic mass is 16.5. The van der Waals surface area contributed by atoms with E-state index in [0.717, 1.165) is 72.0 Å². The lowest BCUT2D eigenvalue weighted by atomic mass is 10.0. The topological polar surface area (TPSA) is 88.8 Å². The Balaban J connectivity index is 1.44. The van der Waals surface area contributed by atoms with E-state index in [-0.39, 0.29) is 0 Å². The van der Waals surface area contributed by atoms with Crippen molar-refractivity contribution in [3.8, 4) is 16.9 Å². The van der Waals surface area contributed by atoms with Crippen molar-refractivity contribution in [3.05, 3.63) is 66.7 Å². The number of rotatable bonds is 8. The number of hydrogen-bond donors (Lipinski definition) is 2. The van der Waals surface area contributed by atoms with Gasteiger partial charge in [0.25, 0.3) is 0 Å². The van der Waals surface area contributed by atoms with Crippen LogP contribution in [0.5, 0.6) is 5.75 Å². The zero-order chi connectivity index (χ0) is 24.9. The van der Waals surface area contributed by atoms with Gasteiger partial charge in [0.15, 0.2) is 0 Å². The summed E-state index contributed by atoms with van der Waals surface area (Å²) >= 11 is 0. The SMILES string of the molecule is CN(C)CCOc1ccc(-c2cccc3c(N)nc(Nc4ccccc4N4CCOCC4)nc23)cc1. The van der Waals surface area contributed by atoms with Gasteiger partial charge in [0, 0.05) is 30.6 Å². The molecular formula is C28H32N6O2. The quantitative estimate of drug-likeness (QED) is 0.381. The van der Waals surface area contributed by atoms with E-state index in [4.69, 9.17) is 20.2 Å². The van der Waals surface area contributed by atoms with E-state index in [9.17, 15) is 0 Å². The monoisotopic (exact) mass is 484 g/mol. The van der Waals surface area contributed by atoms with Crippen molar-refractivity contribution in [1.29, 1.82) is 0 Å². The summed E-state index contributed by atoms with van der Waals surface area (Å²) in [7, 11) is 4.07. The third-order valence-corrected chi connectivity index (χ3v) is 6.23. The number of para-hydroxylation sites is 3. The number of morpholine rings is 1. The lowest BCUT2D eigenvalue weighted by Crippen LogP contribution is -2.36. The number of anilines is 4. The van der Waals surface area contributed by atoms with E-state index in [0.29, 0.717) is 18.4 Å². The van der Waals surface area contributed by atoms with E-state index in [1.807, 2.05) is 56.6 Å². The normalized spacial score (nSPS) is 13.8. The Bertz CT molecular complexity index is 1320. The van der Waals surface area contributed by atoms with Crippen molar-refractivity contribution in [2.45, 2.75) is 0 Å². The molecule has 1 fully saturated rings. The van der Waals surface area contributed by atoms with Gasteiger partial charge in [-0.05, 0) is 50.0 Å². The van der Waals surface area contributed by atoms with E-state index in [1.165, 1.54) is 0 Å². The number of ether oxygens (including phenoxy) is 2. The van der Waals surface area contributed by atoms with Gasteiger partial charge in [0.1, 0.15) is 18.2 Å². The van der Waals surface area contributed by atoms with Crippen LogP contribution in [-0.2, 0) is 4.74 Å². The second kappa shape index (κ2) is 10.8. The largest absolute Gasteiger partial charge is 0.492 e. The average molecular weight is 485 g/mol. The van der Waals surface area contributed by atoms with Gasteiger partial charge in [-0.25, -0.2) is 4.98 Å². The summed E-state index contributed by atoms with van der Waals surface area (Å²) in [5.41, 5.74) is 11.3. The highest BCUT2D eigenvalue weighted by Gasteiger charge is 2.16. The van der Waals surface area contributed by atoms with E-state index in [1.54, 1.807) is 0 Å². The number of likely N-dealkylation sites (N-methyl/N-ethyl adjacent to an activating group) is 1. The van der Waals surface area contributed by atoms with Crippen molar-refractivity contribution in [2.24, 2.45) is 0 Å². The molecule has 0 bridgehead atoms. The molecule has 2 heterocycles. The zero-order valence-electron chi connectivity index (χ0n) is 20.8. The minimum atomic E-state index is 0.442. The molecule has 0 atom stereocenters. The predicted molar refractivity (Wildman–Crippen MR) is 146 cm³/mol. The Labute approximate surface area is 211 Å². The first-order valence-corrected chi connectivity index (χ1v) is 12.2. The van der Waals surface area contributed by atoms with Crippen LogP contribution in [0, 0.1) is 0 Å². The van der Waals surface area contributed by atoms with Crippen molar-refractivity contribution in [1.82, 2.24) is 14.9 Å². The van der Waals surface area contributed by atoms with Crippen LogP contribution in [0.25, 0.3) is 22.0 Å². The number of nitrogens with two attached hydrogens (primary N) is 1. The van der Waals surface area contributed by atoms with Crippen LogP contribution < -0.4 is 20.7 Å². The molecule has 1 aromatic heterocycles. The fraction of sp³-hybridized carbons (Fsp3) is 0.286. The molecule has 0 saturated carbocycles. The summed E-state index contributed by atoms with van der Waals surface area (Å²) in [5.74, 6) is 1.76. The van der Waals surface area contributed by atoms with Crippen molar-refractivity contribution in [3.63, 3.8) is 0 Å². The van der Waals surface area contributed by atoms with Gasteiger partial charge in [0.2, 0.25) is 5.95 Å². The first-order chi connectivity index (χ1) is 17.6. The Morgan fingerprint density at radius 2 is 1.75 bits per heavy atom. The van der Waals surface area contributed by atoms with Crippen LogP contribution in [0.2, 0.25) is 0 Å². The summed E-state index contributed by atoms with van der Waals surface area (Å²) < 4.78 is 11.4. The maximum atomic E-state index is 6.40. The molecular weight excluding hydrogens is 452 g/mol. The van der Waals surface area contributed by atoms with Crippen LogP contribution >= 0.6 is 0 Å². The number of benzene rings is 3. The minimum absolute atomic E-state index is 0.442. The van der Waals surface area contributed by atoms with E-state index in [2.05, 4.69) is 44.4 Å². The summed E-state index contributed by atoms with van der Waals surface area (Å²) in [6.45, 7) is 4.64. The number of nitrogens with one attached hydrogen (secondary N) is 1. The molecule has 0 amide bonds. The maximum Gasteiger partial charge on any atom is 0.229 e.